The Labute approximate surface area is 160 Å². The molecule has 0 unspecified atom stereocenters. The first-order valence-electron chi connectivity index (χ1n) is 8.98. The molecule has 2 N–H and O–H groups in total. The molecule has 0 fully saturated rings. The van der Waals surface area contributed by atoms with E-state index in [2.05, 4.69) is 26.4 Å². The summed E-state index contributed by atoms with van der Waals surface area (Å²) < 4.78 is 7.03. The van der Waals surface area contributed by atoms with Crippen molar-refractivity contribution in [2.45, 2.75) is 19.4 Å². The minimum absolute atomic E-state index is 0.321. The number of anilines is 1. The maximum Gasteiger partial charge on any atom is 0.223 e. The Morgan fingerprint density at radius 3 is 3.07 bits per heavy atom. The van der Waals surface area contributed by atoms with E-state index in [9.17, 15) is 0 Å². The second-order valence-electron chi connectivity index (χ2n) is 6.74. The van der Waals surface area contributed by atoms with E-state index in [1.807, 2.05) is 29.5 Å². The molecule has 27 heavy (non-hydrogen) atoms. The number of nitrogen functional groups attached to an aromatic ring is 1. The molecule has 0 radical (unpaired) electrons. The number of nitrogens with two attached hydrogens (primary N) is 1. The molecule has 4 aromatic rings. The summed E-state index contributed by atoms with van der Waals surface area (Å²) in [5.74, 6) is 1.79. The molecule has 8 heteroatoms. The highest BCUT2D eigenvalue weighted by molar-refractivity contribution is 7.10. The third kappa shape index (κ3) is 2.81. The summed E-state index contributed by atoms with van der Waals surface area (Å²) in [4.78, 5) is 13.2. The number of methoxy groups -OCH3 is 1. The number of nitrogens with zero attached hydrogens (tertiary/aromatic N) is 5. The molecule has 0 saturated carbocycles. The van der Waals surface area contributed by atoms with E-state index in [1.165, 1.54) is 10.4 Å². The van der Waals surface area contributed by atoms with Crippen molar-refractivity contribution in [1.82, 2.24) is 24.5 Å². The van der Waals surface area contributed by atoms with Gasteiger partial charge in [0.25, 0.3) is 0 Å². The molecule has 0 saturated heterocycles. The summed E-state index contributed by atoms with van der Waals surface area (Å²) in [6.07, 6.45) is 1.92. The molecule has 4 heterocycles. The number of para-hydroxylation sites is 1. The Balaban J connectivity index is 1.43. The smallest absolute Gasteiger partial charge is 0.223 e. The van der Waals surface area contributed by atoms with Crippen LogP contribution in [0.2, 0.25) is 0 Å². The topological polar surface area (TPSA) is 81.6 Å². The highest BCUT2D eigenvalue weighted by Crippen LogP contribution is 2.28. The molecule has 5 rings (SSSR count). The van der Waals surface area contributed by atoms with Gasteiger partial charge in [0.2, 0.25) is 5.95 Å². The van der Waals surface area contributed by atoms with Crippen LogP contribution >= 0.6 is 11.3 Å². The molecule has 1 aliphatic heterocycles. The zero-order chi connectivity index (χ0) is 18.4. The van der Waals surface area contributed by atoms with E-state index in [-0.39, 0.29) is 0 Å². The zero-order valence-electron chi connectivity index (χ0n) is 15.1. The molecule has 0 bridgehead atoms. The van der Waals surface area contributed by atoms with Crippen molar-refractivity contribution in [1.29, 1.82) is 0 Å². The number of hydrogen-bond donors (Lipinski definition) is 1. The minimum atomic E-state index is 0.321. The lowest BCUT2D eigenvalue weighted by Gasteiger charge is -2.26. The van der Waals surface area contributed by atoms with Crippen LogP contribution in [0.15, 0.2) is 29.6 Å². The summed E-state index contributed by atoms with van der Waals surface area (Å²) in [5.41, 5.74) is 9.02. The Morgan fingerprint density at radius 1 is 1.26 bits per heavy atom. The third-order valence-electron chi connectivity index (χ3n) is 5.09. The molecule has 0 amide bonds. The van der Waals surface area contributed by atoms with E-state index in [0.717, 1.165) is 49.3 Å². The van der Waals surface area contributed by atoms with Gasteiger partial charge in [-0.1, -0.05) is 6.07 Å². The van der Waals surface area contributed by atoms with Crippen molar-refractivity contribution >= 4 is 33.8 Å². The second kappa shape index (κ2) is 6.47. The van der Waals surface area contributed by atoms with Crippen LogP contribution in [0.1, 0.15) is 16.3 Å². The molecule has 138 valence electrons. The molecule has 1 aliphatic rings. The fraction of sp³-hybridized carbons (Fsp3) is 0.316. The van der Waals surface area contributed by atoms with Crippen molar-refractivity contribution in [3.8, 4) is 5.75 Å². The first kappa shape index (κ1) is 16.5. The summed E-state index contributed by atoms with van der Waals surface area (Å²) in [6, 6.07) is 8.01. The lowest BCUT2D eigenvalue weighted by atomic mass is 10.1. The quantitative estimate of drug-likeness (QED) is 0.586. The fourth-order valence-corrected chi connectivity index (χ4v) is 4.58. The van der Waals surface area contributed by atoms with Gasteiger partial charge in [-0.25, -0.2) is 9.97 Å². The summed E-state index contributed by atoms with van der Waals surface area (Å²) in [7, 11) is 1.63. The standard InChI is InChI=1S/C19H20N6OS/c1-26-14-4-2-3-13-17(14)22-19(20)25-18(13)21-16(23-25)6-9-24-8-5-15-12(11-24)7-10-27-15/h2-4,7,10H,5-6,8-9,11H2,1H3,(H2,20,22). The van der Waals surface area contributed by atoms with Crippen LogP contribution in [0, 0.1) is 0 Å². The van der Waals surface area contributed by atoms with Gasteiger partial charge < -0.3 is 10.5 Å². The monoisotopic (exact) mass is 380 g/mol. The van der Waals surface area contributed by atoms with Crippen LogP contribution < -0.4 is 10.5 Å². The number of fused-ring (bicyclic) bond motifs is 4. The fourth-order valence-electron chi connectivity index (χ4n) is 3.70. The van der Waals surface area contributed by atoms with Gasteiger partial charge >= 0.3 is 0 Å². The van der Waals surface area contributed by atoms with Crippen LogP contribution in [0.25, 0.3) is 16.6 Å². The molecule has 0 spiro atoms. The van der Waals surface area contributed by atoms with E-state index in [4.69, 9.17) is 15.5 Å². The van der Waals surface area contributed by atoms with Crippen LogP contribution in [-0.4, -0.2) is 44.7 Å². The van der Waals surface area contributed by atoms with Crippen molar-refractivity contribution in [3.63, 3.8) is 0 Å². The normalized spacial score (nSPS) is 14.7. The predicted molar refractivity (Wildman–Crippen MR) is 106 cm³/mol. The molecular weight excluding hydrogens is 360 g/mol. The average molecular weight is 380 g/mol. The number of thiophene rings is 1. The highest BCUT2D eigenvalue weighted by atomic mass is 32.1. The van der Waals surface area contributed by atoms with Gasteiger partial charge in [-0.05, 0) is 35.6 Å². The van der Waals surface area contributed by atoms with Crippen molar-refractivity contribution in [2.24, 2.45) is 0 Å². The molecular formula is C19H20N6OS. The lowest BCUT2D eigenvalue weighted by Crippen LogP contribution is -2.31. The molecule has 3 aromatic heterocycles. The Bertz CT molecular complexity index is 1130. The Kier molecular flexibility index (Phi) is 3.95. The predicted octanol–water partition coefficient (Wildman–Crippen LogP) is 2.53. The number of ether oxygens (including phenoxy) is 1. The van der Waals surface area contributed by atoms with Gasteiger partial charge in [0.05, 0.1) is 7.11 Å². The minimum Gasteiger partial charge on any atom is -0.494 e. The van der Waals surface area contributed by atoms with Crippen molar-refractivity contribution < 1.29 is 4.74 Å². The Morgan fingerprint density at radius 2 is 2.19 bits per heavy atom. The van der Waals surface area contributed by atoms with Crippen LogP contribution in [0.5, 0.6) is 5.75 Å². The third-order valence-corrected chi connectivity index (χ3v) is 6.12. The molecule has 1 aromatic carbocycles. The number of aromatic nitrogens is 4. The van der Waals surface area contributed by atoms with Crippen LogP contribution in [0.4, 0.5) is 5.95 Å². The van der Waals surface area contributed by atoms with E-state index in [0.29, 0.717) is 17.2 Å². The summed E-state index contributed by atoms with van der Waals surface area (Å²) >= 11 is 1.86. The average Bonchev–Trinajstić information content (AvgIpc) is 3.33. The maximum atomic E-state index is 6.12. The van der Waals surface area contributed by atoms with E-state index < -0.39 is 0 Å². The zero-order valence-corrected chi connectivity index (χ0v) is 15.9. The van der Waals surface area contributed by atoms with Gasteiger partial charge in [0.1, 0.15) is 11.3 Å². The summed E-state index contributed by atoms with van der Waals surface area (Å²) in [6.45, 7) is 3.03. The first-order valence-corrected chi connectivity index (χ1v) is 9.86. The largest absolute Gasteiger partial charge is 0.494 e. The number of rotatable bonds is 4. The van der Waals surface area contributed by atoms with E-state index in [1.54, 1.807) is 11.6 Å². The number of hydrogen-bond acceptors (Lipinski definition) is 7. The van der Waals surface area contributed by atoms with Gasteiger partial charge in [0, 0.05) is 36.3 Å². The van der Waals surface area contributed by atoms with Gasteiger partial charge in [-0.3, -0.25) is 4.90 Å². The lowest BCUT2D eigenvalue weighted by molar-refractivity contribution is 0.258. The van der Waals surface area contributed by atoms with E-state index >= 15 is 0 Å². The second-order valence-corrected chi connectivity index (χ2v) is 7.74. The molecule has 0 aliphatic carbocycles. The summed E-state index contributed by atoms with van der Waals surface area (Å²) in [5, 5.41) is 7.67. The van der Waals surface area contributed by atoms with Gasteiger partial charge in [-0.15, -0.1) is 16.4 Å². The van der Waals surface area contributed by atoms with Gasteiger partial charge in [-0.2, -0.15) is 4.52 Å². The highest BCUT2D eigenvalue weighted by Gasteiger charge is 2.18. The van der Waals surface area contributed by atoms with Crippen LogP contribution in [-0.2, 0) is 19.4 Å². The molecule has 0 atom stereocenters. The first-order chi connectivity index (χ1) is 13.2. The van der Waals surface area contributed by atoms with Crippen LogP contribution in [0.3, 0.4) is 0 Å². The molecule has 7 nitrogen and oxygen atoms in total. The number of benzene rings is 1. The van der Waals surface area contributed by atoms with Crippen molar-refractivity contribution in [3.05, 3.63) is 45.9 Å². The SMILES string of the molecule is COc1cccc2c1nc(N)n1nc(CCN3CCc4sccc4C3)nc21. The van der Waals surface area contributed by atoms with Gasteiger partial charge in [0.15, 0.2) is 11.5 Å². The Hall–Kier alpha value is -2.71. The maximum absolute atomic E-state index is 6.12. The van der Waals surface area contributed by atoms with Crippen molar-refractivity contribution in [2.75, 3.05) is 25.9 Å².